The van der Waals surface area contributed by atoms with Crippen molar-refractivity contribution in [1.82, 2.24) is 50.0 Å². The van der Waals surface area contributed by atoms with Crippen LogP contribution in [-0.2, 0) is 19.1 Å². The number of amides is 5. The number of rotatable bonds is 11. The van der Waals surface area contributed by atoms with Crippen LogP contribution < -0.4 is 69.3 Å². The number of hydrogen-bond acceptors (Lipinski definition) is 19. The van der Waals surface area contributed by atoms with Crippen molar-refractivity contribution in [3.8, 4) is 17.3 Å². The predicted octanol–water partition coefficient (Wildman–Crippen LogP) is 3.75. The average molecular weight is 1260 g/mol. The Kier molecular flexibility index (Phi) is 26.4. The number of nitrogens with two attached hydrogens (primary N) is 2. The number of aromatic amines is 1. The number of nitrogens with one attached hydrogen (secondary N) is 3. The van der Waals surface area contributed by atoms with Crippen LogP contribution >= 0.6 is 11.6 Å². The van der Waals surface area contributed by atoms with E-state index < -0.39 is 11.7 Å². The van der Waals surface area contributed by atoms with E-state index in [9.17, 15) is 24.0 Å². The standard InChI is InChI=1S/C20H23N7O.C12H17ClN4O.C12H20N6O.C10H12N2O.C5H12N2O2.ClH/c1-5-15-19(28)25(4)16-11-21-20(24-18(16)26(15)13(2)3)27-17(22-12-23-27)14-9-7-6-8-10-14;1-5-8-11(18)16(4)9-6-14-12(13)15-10(9)17(8)7(2)3;1-5-8-11(19)17(4)9-6-14-12(16-13)15-10(9)18(8)7(2)3;1-12(2)8-11-10(13)9-6-4-3-5-7-9;1-5(2,3)9-4(8)7-6;/h6-13,15H,5H2,1-4H3;6-8H,5H2,1-4H3;6-8H,5,13H2,1-4H3,(H,14,15,16);3-8H,1-2H3;6H2,1-3H3,(H,7,8);1H/t15-;2*8-;;;/m111.../s1. The molecule has 0 unspecified atom stereocenters. The van der Waals surface area contributed by atoms with Gasteiger partial charge in [0.2, 0.25) is 28.8 Å². The molecule has 0 saturated carbocycles. The second-order valence-electron chi connectivity index (χ2n) is 22.2. The highest BCUT2D eigenvalue weighted by Gasteiger charge is 2.42. The number of halogens is 2. The lowest BCUT2D eigenvalue weighted by molar-refractivity contribution is -0.364. The zero-order valence-corrected chi connectivity index (χ0v) is 54.8. The van der Waals surface area contributed by atoms with Gasteiger partial charge in [-0.2, -0.15) is 30.6 Å². The lowest BCUT2D eigenvalue weighted by Crippen LogP contribution is -3.00. The van der Waals surface area contributed by atoms with Crippen molar-refractivity contribution in [3.63, 3.8) is 0 Å². The van der Waals surface area contributed by atoms with Gasteiger partial charge in [-0.25, -0.2) is 36.0 Å². The van der Waals surface area contributed by atoms with E-state index in [2.05, 4.69) is 78.0 Å². The fourth-order valence-corrected chi connectivity index (χ4v) is 9.75. The number of benzene rings is 2. The van der Waals surface area contributed by atoms with Crippen molar-refractivity contribution >= 4 is 88.1 Å². The van der Waals surface area contributed by atoms with Crippen molar-refractivity contribution in [2.75, 3.05) is 70.1 Å². The lowest BCUT2D eigenvalue weighted by Gasteiger charge is -2.42. The number of nitrogens with zero attached hydrogens (tertiary/aromatic N) is 16. The summed E-state index contributed by atoms with van der Waals surface area (Å²) >= 11 is 5.87. The number of nitrogen functional groups attached to an aromatic ring is 1. The molecule has 4 aromatic heterocycles. The number of aromatic nitrogens is 9. The Balaban J connectivity index is 0.000000246. The molecule has 0 saturated heterocycles. The van der Waals surface area contributed by atoms with Crippen LogP contribution in [0.15, 0.2) is 90.6 Å². The molecule has 0 aliphatic carbocycles. The molecule has 27 nitrogen and oxygen atoms in total. The topological polar surface area (TPSA) is 315 Å². The summed E-state index contributed by atoms with van der Waals surface area (Å²) in [7, 11) is 8.93. The smallest absolute Gasteiger partial charge is 0.421 e. The van der Waals surface area contributed by atoms with Crippen LogP contribution in [0.4, 0.5) is 45.3 Å². The van der Waals surface area contributed by atoms with Crippen molar-refractivity contribution in [1.29, 1.82) is 0 Å². The number of likely N-dealkylation sites (N-methyl/N-ethyl adjacent to an activating group) is 3. The molecule has 5 amide bonds. The van der Waals surface area contributed by atoms with Gasteiger partial charge in [0.15, 0.2) is 17.5 Å². The number of hydrazine groups is 2. The van der Waals surface area contributed by atoms with Gasteiger partial charge in [-0.3, -0.25) is 24.6 Å². The van der Waals surface area contributed by atoms with Crippen LogP contribution in [0.25, 0.3) is 17.3 Å². The quantitative estimate of drug-likeness (QED) is 0.0358. The fourth-order valence-electron chi connectivity index (χ4n) is 9.62. The Morgan fingerprint density at radius 3 is 1.59 bits per heavy atom. The third-order valence-electron chi connectivity index (χ3n) is 13.6. The lowest BCUT2D eigenvalue weighted by atomic mass is 10.1. The van der Waals surface area contributed by atoms with E-state index in [1.54, 1.807) is 96.9 Å². The number of ether oxygens (including phenoxy) is 1. The van der Waals surface area contributed by atoms with Crippen molar-refractivity contribution in [2.24, 2.45) is 16.7 Å². The summed E-state index contributed by atoms with van der Waals surface area (Å²) in [5.74, 6) is 14.0. The monoisotopic (exact) mass is 1250 g/mol. The number of hydrogen-bond donors (Lipinski definition) is 4. The normalized spacial score (nSPS) is 15.9. The SMILES string of the molecule is CC(C)(C)OC(=O)NN.CC[C@@H]1C(=O)N(C)c2c[nH+]c(NN)nc2N1C(C)C.CC[C@@H]1C(=O)N(C)c2cnc(-n3ncnc3-c3ccccc3)nc2N1C(C)C.CC[C@@H]1C(=O)N(C)c2cnc(Cl)nc2N1C(C)C.CN(C)C=NC(=O)c1ccccc1.[Cl-]. The Morgan fingerprint density at radius 1 is 0.705 bits per heavy atom. The molecule has 0 fully saturated rings. The molecule has 7 N–H and O–H groups in total. The molecule has 9 rings (SSSR count). The van der Waals surface area contributed by atoms with E-state index in [0.29, 0.717) is 41.1 Å². The van der Waals surface area contributed by atoms with Gasteiger partial charge in [-0.1, -0.05) is 69.3 Å². The van der Waals surface area contributed by atoms with E-state index in [4.69, 9.17) is 33.0 Å². The van der Waals surface area contributed by atoms with Gasteiger partial charge in [-0.05, 0) is 110 Å². The predicted molar refractivity (Wildman–Crippen MR) is 340 cm³/mol. The molecule has 7 heterocycles. The second kappa shape index (κ2) is 32.4. The molecular weight excluding hydrogens is 1170 g/mol. The Morgan fingerprint density at radius 2 is 1.16 bits per heavy atom. The molecule has 3 atom stereocenters. The van der Waals surface area contributed by atoms with Crippen LogP contribution in [-0.4, -0.2) is 158 Å². The van der Waals surface area contributed by atoms with Gasteiger partial charge in [0.05, 0.1) is 24.9 Å². The van der Waals surface area contributed by atoms with Gasteiger partial charge in [0.1, 0.15) is 47.1 Å². The van der Waals surface area contributed by atoms with E-state index in [1.165, 1.54) is 12.7 Å². The summed E-state index contributed by atoms with van der Waals surface area (Å²) in [5, 5.41) is 4.54. The number of carbonyl (C=O) groups is 5. The summed E-state index contributed by atoms with van der Waals surface area (Å²) in [4.78, 5) is 105. The van der Waals surface area contributed by atoms with Gasteiger partial charge < -0.3 is 51.4 Å². The van der Waals surface area contributed by atoms with Crippen LogP contribution in [0, 0.1) is 0 Å². The van der Waals surface area contributed by atoms with Crippen molar-refractivity contribution in [3.05, 3.63) is 96.4 Å². The van der Waals surface area contributed by atoms with Gasteiger partial charge in [0, 0.05) is 64.5 Å². The first-order chi connectivity index (χ1) is 41.2. The third-order valence-corrected chi connectivity index (χ3v) is 13.8. The molecule has 6 aromatic rings. The maximum absolute atomic E-state index is 12.8. The van der Waals surface area contributed by atoms with Crippen molar-refractivity contribution in [2.45, 2.75) is 144 Å². The highest BCUT2D eigenvalue weighted by atomic mass is 35.5. The maximum Gasteiger partial charge on any atom is 0.421 e. The summed E-state index contributed by atoms with van der Waals surface area (Å²) in [6.07, 6.45) is 9.61. The van der Waals surface area contributed by atoms with Crippen molar-refractivity contribution < 1.29 is 46.1 Å². The largest absolute Gasteiger partial charge is 1.00 e. The van der Waals surface area contributed by atoms with E-state index in [1.807, 2.05) is 112 Å². The molecule has 29 heteroatoms. The third kappa shape index (κ3) is 17.5. The van der Waals surface area contributed by atoms with Crippen LogP contribution in [0.5, 0.6) is 0 Å². The molecule has 3 aliphatic heterocycles. The number of carbonyl (C=O) groups excluding carboxylic acids is 5. The minimum atomic E-state index is -0.609. The van der Waals surface area contributed by atoms with Gasteiger partial charge in [-0.15, -0.1) is 0 Å². The number of H-pyrrole nitrogens is 1. The first-order valence-electron chi connectivity index (χ1n) is 28.6. The van der Waals surface area contributed by atoms with Crippen LogP contribution in [0.1, 0.15) is 113 Å². The highest BCUT2D eigenvalue weighted by Crippen LogP contribution is 2.38. The van der Waals surface area contributed by atoms with E-state index in [-0.39, 0.29) is 77.6 Å². The molecule has 3 aliphatic rings. The molecule has 2 aromatic carbocycles. The number of fused-ring (bicyclic) bond motifs is 3. The van der Waals surface area contributed by atoms with Gasteiger partial charge in [0.25, 0.3) is 11.9 Å². The second-order valence-corrected chi connectivity index (χ2v) is 22.5. The Bertz CT molecular complexity index is 3310. The van der Waals surface area contributed by atoms with E-state index >= 15 is 0 Å². The minimum Gasteiger partial charge on any atom is -1.00 e. The minimum absolute atomic E-state index is 0. The molecular formula is C59H85Cl2N21O6. The van der Waals surface area contributed by atoms with Gasteiger partial charge >= 0.3 is 12.0 Å². The number of aliphatic imine (C=N–C) groups is 1. The fraction of sp³-hybridized carbons (Fsp3) is 0.458. The molecule has 0 spiro atoms. The summed E-state index contributed by atoms with van der Waals surface area (Å²) < 4.78 is 6.34. The molecule has 0 bridgehead atoms. The van der Waals surface area contributed by atoms with E-state index in [0.717, 1.165) is 41.5 Å². The Hall–Kier alpha value is -8.66. The Labute approximate surface area is 526 Å². The summed E-state index contributed by atoms with van der Waals surface area (Å²) in [6.45, 7) is 23.7. The van der Waals surface area contributed by atoms with Crippen LogP contribution in [0.3, 0.4) is 0 Å². The first-order valence-corrected chi connectivity index (χ1v) is 29.0. The molecule has 88 heavy (non-hydrogen) atoms. The summed E-state index contributed by atoms with van der Waals surface area (Å²) in [5.41, 5.74) is 7.61. The summed E-state index contributed by atoms with van der Waals surface area (Å²) in [6, 6.07) is 18.7. The zero-order chi connectivity index (χ0) is 64.6. The number of anilines is 7. The average Bonchev–Trinajstić information content (AvgIpc) is 1.24. The highest BCUT2D eigenvalue weighted by molar-refractivity contribution is 6.28. The van der Waals surface area contributed by atoms with Crippen LogP contribution in [0.2, 0.25) is 5.28 Å². The maximum atomic E-state index is 12.8. The molecule has 476 valence electrons. The zero-order valence-electron chi connectivity index (χ0n) is 53.3. The molecule has 0 radical (unpaired) electrons. The first kappa shape index (κ1) is 71.8.